The zero-order valence-corrected chi connectivity index (χ0v) is 17.2. The molecule has 0 aliphatic carbocycles. The molecule has 2 aromatic heterocycles. The highest BCUT2D eigenvalue weighted by molar-refractivity contribution is 5.99. The number of rotatable bonds is 6. The molecule has 0 saturated carbocycles. The Hall–Kier alpha value is -4.19. The smallest absolute Gasteiger partial charge is 0.324 e. The maximum atomic E-state index is 12.4. The van der Waals surface area contributed by atoms with E-state index < -0.39 is 0 Å². The second-order valence-corrected chi connectivity index (χ2v) is 6.98. The van der Waals surface area contributed by atoms with Gasteiger partial charge in [0, 0.05) is 23.8 Å². The van der Waals surface area contributed by atoms with E-state index in [4.69, 9.17) is 0 Å². The normalized spacial score (nSPS) is 10.4. The monoisotopic (exact) mass is 409 g/mol. The van der Waals surface area contributed by atoms with Gasteiger partial charge in [-0.3, -0.25) is 5.32 Å². The largest absolute Gasteiger partial charge is 0.340 e. The van der Waals surface area contributed by atoms with Crippen LogP contribution in [0.25, 0.3) is 11.1 Å². The molecule has 6 nitrogen and oxygen atoms in total. The van der Waals surface area contributed by atoms with Gasteiger partial charge in [0.15, 0.2) is 0 Å². The number of aromatic nitrogens is 2. The first-order valence-corrected chi connectivity index (χ1v) is 10.1. The molecule has 31 heavy (non-hydrogen) atoms. The van der Waals surface area contributed by atoms with E-state index in [2.05, 4.69) is 32.8 Å². The third-order valence-electron chi connectivity index (χ3n) is 4.73. The van der Waals surface area contributed by atoms with Crippen LogP contribution in [-0.2, 0) is 6.42 Å². The van der Waals surface area contributed by atoms with Crippen LogP contribution in [0.1, 0.15) is 12.5 Å². The molecule has 0 radical (unpaired) electrons. The first-order valence-electron chi connectivity index (χ1n) is 10.1. The van der Waals surface area contributed by atoms with E-state index in [9.17, 15) is 4.79 Å². The van der Waals surface area contributed by atoms with Gasteiger partial charge in [0.1, 0.15) is 11.6 Å². The van der Waals surface area contributed by atoms with Crippen LogP contribution in [0, 0.1) is 0 Å². The average molecular weight is 409 g/mol. The second kappa shape index (κ2) is 9.54. The number of anilines is 4. The maximum Gasteiger partial charge on any atom is 0.324 e. The number of carbonyl (C=O) groups is 1. The van der Waals surface area contributed by atoms with Crippen molar-refractivity contribution in [3.05, 3.63) is 96.8 Å². The Kier molecular flexibility index (Phi) is 6.18. The molecular formula is C25H23N5O. The summed E-state index contributed by atoms with van der Waals surface area (Å²) in [4.78, 5) is 21.1. The summed E-state index contributed by atoms with van der Waals surface area (Å²) in [5, 5.41) is 8.94. The van der Waals surface area contributed by atoms with Crippen LogP contribution in [0.4, 0.5) is 27.8 Å². The Morgan fingerprint density at radius 3 is 2.16 bits per heavy atom. The average Bonchev–Trinajstić information content (AvgIpc) is 2.80. The number of nitrogens with zero attached hydrogens (tertiary/aromatic N) is 2. The lowest BCUT2D eigenvalue weighted by atomic mass is 10.1. The van der Waals surface area contributed by atoms with Crippen molar-refractivity contribution in [2.45, 2.75) is 13.3 Å². The lowest BCUT2D eigenvalue weighted by Crippen LogP contribution is -2.20. The molecule has 0 bridgehead atoms. The quantitative estimate of drug-likeness (QED) is 0.360. The highest BCUT2D eigenvalue weighted by Gasteiger charge is 2.07. The Morgan fingerprint density at radius 1 is 0.742 bits per heavy atom. The maximum absolute atomic E-state index is 12.4. The predicted octanol–water partition coefficient (Wildman–Crippen LogP) is 6.09. The second-order valence-electron chi connectivity index (χ2n) is 6.98. The van der Waals surface area contributed by atoms with E-state index in [0.29, 0.717) is 5.82 Å². The standard InChI is InChI=1S/C25H23N5O/c1-2-18-7-6-10-22(15-18)29-25(31)30-24-17-20(12-14-27-24)19-11-13-26-23(16-19)28-21-8-4-3-5-9-21/h3-17H,2H2,1H3,(H,26,28)(H2,27,29,30,31). The topological polar surface area (TPSA) is 78.9 Å². The third kappa shape index (κ3) is 5.45. The van der Waals surface area contributed by atoms with Crippen molar-refractivity contribution in [2.24, 2.45) is 0 Å². The van der Waals surface area contributed by atoms with Gasteiger partial charge < -0.3 is 10.6 Å². The van der Waals surface area contributed by atoms with E-state index in [-0.39, 0.29) is 6.03 Å². The van der Waals surface area contributed by atoms with Gasteiger partial charge >= 0.3 is 6.03 Å². The molecule has 0 fully saturated rings. The van der Waals surface area contributed by atoms with Crippen LogP contribution in [0.15, 0.2) is 91.3 Å². The van der Waals surface area contributed by atoms with Crippen LogP contribution >= 0.6 is 0 Å². The summed E-state index contributed by atoms with van der Waals surface area (Å²) in [5.74, 6) is 1.21. The summed E-state index contributed by atoms with van der Waals surface area (Å²) in [7, 11) is 0. The van der Waals surface area contributed by atoms with Crippen LogP contribution < -0.4 is 16.0 Å². The molecule has 0 spiro atoms. The minimum absolute atomic E-state index is 0.334. The lowest BCUT2D eigenvalue weighted by Gasteiger charge is -2.10. The molecule has 0 saturated heterocycles. The molecular weight excluding hydrogens is 386 g/mol. The molecule has 6 heteroatoms. The van der Waals surface area contributed by atoms with Gasteiger partial charge in [0.25, 0.3) is 0 Å². The lowest BCUT2D eigenvalue weighted by molar-refractivity contribution is 0.262. The Bertz CT molecular complexity index is 1180. The number of pyridine rings is 2. The van der Waals surface area contributed by atoms with Gasteiger partial charge in [-0.25, -0.2) is 14.8 Å². The van der Waals surface area contributed by atoms with E-state index in [0.717, 1.165) is 40.3 Å². The van der Waals surface area contributed by atoms with E-state index in [1.807, 2.05) is 78.9 Å². The molecule has 2 aromatic carbocycles. The number of aryl methyl sites for hydroxylation is 1. The van der Waals surface area contributed by atoms with E-state index in [1.54, 1.807) is 12.4 Å². The van der Waals surface area contributed by atoms with Gasteiger partial charge in [0.2, 0.25) is 0 Å². The number of benzene rings is 2. The number of nitrogens with one attached hydrogen (secondary N) is 3. The van der Waals surface area contributed by atoms with Gasteiger partial charge in [-0.2, -0.15) is 0 Å². The van der Waals surface area contributed by atoms with Crippen molar-refractivity contribution in [3.63, 3.8) is 0 Å². The summed E-state index contributed by atoms with van der Waals surface area (Å²) in [6, 6.07) is 24.9. The number of carbonyl (C=O) groups excluding carboxylic acids is 1. The zero-order chi connectivity index (χ0) is 21.5. The Balaban J connectivity index is 1.46. The molecule has 0 aliphatic rings. The van der Waals surface area contributed by atoms with Gasteiger partial charge in [0.05, 0.1) is 0 Å². The predicted molar refractivity (Wildman–Crippen MR) is 126 cm³/mol. The Labute approximate surface area is 181 Å². The molecule has 0 aliphatic heterocycles. The van der Waals surface area contributed by atoms with Crippen LogP contribution in [-0.4, -0.2) is 16.0 Å². The Morgan fingerprint density at radius 2 is 1.42 bits per heavy atom. The fourth-order valence-electron chi connectivity index (χ4n) is 3.17. The fourth-order valence-corrected chi connectivity index (χ4v) is 3.17. The van der Waals surface area contributed by atoms with E-state index in [1.165, 1.54) is 0 Å². The summed E-state index contributed by atoms with van der Waals surface area (Å²) in [6.07, 6.45) is 4.34. The third-order valence-corrected chi connectivity index (χ3v) is 4.73. The van der Waals surface area contributed by atoms with Crippen molar-refractivity contribution in [1.29, 1.82) is 0 Å². The summed E-state index contributed by atoms with van der Waals surface area (Å²) >= 11 is 0. The van der Waals surface area contributed by atoms with Crippen molar-refractivity contribution in [1.82, 2.24) is 9.97 Å². The van der Waals surface area contributed by atoms with Crippen LogP contribution in [0.2, 0.25) is 0 Å². The van der Waals surface area contributed by atoms with Crippen molar-refractivity contribution >= 4 is 29.0 Å². The highest BCUT2D eigenvalue weighted by Crippen LogP contribution is 2.24. The van der Waals surface area contributed by atoms with Crippen molar-refractivity contribution in [2.75, 3.05) is 16.0 Å². The zero-order valence-electron chi connectivity index (χ0n) is 17.2. The van der Waals surface area contributed by atoms with Gasteiger partial charge in [-0.15, -0.1) is 0 Å². The molecule has 2 amide bonds. The van der Waals surface area contributed by atoms with Crippen LogP contribution in [0.3, 0.4) is 0 Å². The number of hydrogen-bond acceptors (Lipinski definition) is 4. The number of para-hydroxylation sites is 1. The van der Waals surface area contributed by atoms with E-state index >= 15 is 0 Å². The highest BCUT2D eigenvalue weighted by atomic mass is 16.2. The first-order chi connectivity index (χ1) is 15.2. The fraction of sp³-hybridized carbons (Fsp3) is 0.0800. The molecule has 4 rings (SSSR count). The van der Waals surface area contributed by atoms with Crippen LogP contribution in [0.5, 0.6) is 0 Å². The van der Waals surface area contributed by atoms with Gasteiger partial charge in [-0.1, -0.05) is 37.3 Å². The number of hydrogen-bond donors (Lipinski definition) is 3. The summed E-state index contributed by atoms with van der Waals surface area (Å²) < 4.78 is 0. The molecule has 0 atom stereocenters. The SMILES string of the molecule is CCc1cccc(NC(=O)Nc2cc(-c3ccnc(Nc4ccccc4)c3)ccn2)c1. The number of urea groups is 1. The summed E-state index contributed by atoms with van der Waals surface area (Å²) in [6.45, 7) is 2.08. The molecule has 154 valence electrons. The minimum atomic E-state index is -0.334. The van der Waals surface area contributed by atoms with Crippen molar-refractivity contribution < 1.29 is 4.79 Å². The first kappa shape index (κ1) is 20.1. The molecule has 2 heterocycles. The minimum Gasteiger partial charge on any atom is -0.340 e. The summed E-state index contributed by atoms with van der Waals surface area (Å²) in [5.41, 5.74) is 4.77. The number of amides is 2. The molecule has 4 aromatic rings. The molecule has 0 unspecified atom stereocenters. The van der Waals surface area contributed by atoms with Gasteiger partial charge in [-0.05, 0) is 71.6 Å². The molecule has 3 N–H and O–H groups in total. The van der Waals surface area contributed by atoms with Crippen molar-refractivity contribution in [3.8, 4) is 11.1 Å².